The molecule has 0 aliphatic carbocycles. The number of hydrogen-bond acceptors (Lipinski definition) is 5. The van der Waals surface area contributed by atoms with Gasteiger partial charge in [0, 0.05) is 25.5 Å². The van der Waals surface area contributed by atoms with Gasteiger partial charge in [-0.3, -0.25) is 4.79 Å². The summed E-state index contributed by atoms with van der Waals surface area (Å²) < 4.78 is 0.674. The molecule has 3 aromatic rings. The van der Waals surface area contributed by atoms with Gasteiger partial charge in [-0.2, -0.15) is 0 Å². The van der Waals surface area contributed by atoms with Gasteiger partial charge in [-0.25, -0.2) is 4.98 Å². The third-order valence-corrected chi connectivity index (χ3v) is 4.09. The molecule has 0 fully saturated rings. The summed E-state index contributed by atoms with van der Waals surface area (Å²) in [6, 6.07) is 9.96. The maximum Gasteiger partial charge on any atom is 0.268 e. The topological polar surface area (TPSA) is 61.0 Å². The number of nitrogens with zero attached hydrogens (tertiary/aromatic N) is 2. The van der Waals surface area contributed by atoms with Gasteiger partial charge in [-0.15, -0.1) is 11.3 Å². The standard InChI is InChI=1S/C15H16N4OS/c1-19(2)11-5-3-4-10(8-11)16-9-13-17-12-6-7-21-14(12)15(20)18-13/h3-8,16H,9H2,1-2H3,(H,17,18,20). The second-order valence-corrected chi connectivity index (χ2v) is 5.86. The molecular formula is C15H16N4OS. The zero-order valence-electron chi connectivity index (χ0n) is 11.9. The number of benzene rings is 1. The van der Waals surface area contributed by atoms with Crippen molar-refractivity contribution < 1.29 is 0 Å². The smallest absolute Gasteiger partial charge is 0.268 e. The number of nitrogens with one attached hydrogen (secondary N) is 2. The first-order valence-electron chi connectivity index (χ1n) is 6.61. The summed E-state index contributed by atoms with van der Waals surface area (Å²) >= 11 is 1.41. The van der Waals surface area contributed by atoms with E-state index in [1.54, 1.807) is 0 Å². The predicted octanol–water partition coefficient (Wildman–Crippen LogP) is 2.66. The quantitative estimate of drug-likeness (QED) is 0.777. The van der Waals surface area contributed by atoms with Crippen LogP contribution in [-0.2, 0) is 6.54 Å². The molecule has 0 amide bonds. The molecule has 1 aromatic carbocycles. The van der Waals surface area contributed by atoms with Crippen LogP contribution >= 0.6 is 11.3 Å². The van der Waals surface area contributed by atoms with Crippen LogP contribution in [-0.4, -0.2) is 24.1 Å². The van der Waals surface area contributed by atoms with Crippen molar-refractivity contribution >= 4 is 32.9 Å². The van der Waals surface area contributed by atoms with Gasteiger partial charge in [-0.1, -0.05) is 6.07 Å². The molecule has 0 saturated carbocycles. The molecule has 6 heteroatoms. The average Bonchev–Trinajstić information content (AvgIpc) is 2.94. The van der Waals surface area contributed by atoms with Crippen molar-refractivity contribution in [3.63, 3.8) is 0 Å². The van der Waals surface area contributed by atoms with E-state index in [0.717, 1.165) is 16.9 Å². The second kappa shape index (κ2) is 5.57. The lowest BCUT2D eigenvalue weighted by atomic mass is 10.2. The molecule has 0 atom stereocenters. The molecule has 0 aliphatic heterocycles. The molecule has 0 unspecified atom stereocenters. The number of rotatable bonds is 4. The fraction of sp³-hybridized carbons (Fsp3) is 0.200. The number of aromatic amines is 1. The number of hydrogen-bond donors (Lipinski definition) is 2. The fourth-order valence-electron chi connectivity index (χ4n) is 2.09. The highest BCUT2D eigenvalue weighted by Gasteiger charge is 2.05. The van der Waals surface area contributed by atoms with Gasteiger partial charge in [0.05, 0.1) is 12.1 Å². The lowest BCUT2D eigenvalue weighted by molar-refractivity contribution is 0.955. The predicted molar refractivity (Wildman–Crippen MR) is 88.3 cm³/mol. The Balaban J connectivity index is 1.80. The van der Waals surface area contributed by atoms with Gasteiger partial charge >= 0.3 is 0 Å². The summed E-state index contributed by atoms with van der Waals surface area (Å²) in [4.78, 5) is 21.2. The fourth-order valence-corrected chi connectivity index (χ4v) is 2.81. The highest BCUT2D eigenvalue weighted by molar-refractivity contribution is 7.17. The van der Waals surface area contributed by atoms with Crippen molar-refractivity contribution in [2.75, 3.05) is 24.3 Å². The van der Waals surface area contributed by atoms with E-state index in [0.29, 0.717) is 17.1 Å². The SMILES string of the molecule is CN(C)c1cccc(NCc2nc3ccsc3c(=O)[nH]2)c1. The van der Waals surface area contributed by atoms with Crippen LogP contribution in [0.2, 0.25) is 0 Å². The molecule has 108 valence electrons. The Morgan fingerprint density at radius 1 is 1.33 bits per heavy atom. The van der Waals surface area contributed by atoms with Gasteiger partial charge < -0.3 is 15.2 Å². The first-order chi connectivity index (χ1) is 10.1. The monoisotopic (exact) mass is 300 g/mol. The van der Waals surface area contributed by atoms with Crippen molar-refractivity contribution in [3.05, 3.63) is 51.9 Å². The van der Waals surface area contributed by atoms with Gasteiger partial charge in [0.15, 0.2) is 0 Å². The summed E-state index contributed by atoms with van der Waals surface area (Å²) in [7, 11) is 4.01. The van der Waals surface area contributed by atoms with E-state index < -0.39 is 0 Å². The number of H-pyrrole nitrogens is 1. The molecule has 2 heterocycles. The Labute approximate surface area is 126 Å². The summed E-state index contributed by atoms with van der Waals surface area (Å²) in [6.07, 6.45) is 0. The summed E-state index contributed by atoms with van der Waals surface area (Å²) in [5.74, 6) is 0.640. The van der Waals surface area contributed by atoms with E-state index in [-0.39, 0.29) is 5.56 Å². The van der Waals surface area contributed by atoms with Crippen LogP contribution in [0.15, 0.2) is 40.5 Å². The van der Waals surface area contributed by atoms with E-state index >= 15 is 0 Å². The third kappa shape index (κ3) is 2.90. The van der Waals surface area contributed by atoms with Crippen LogP contribution in [0.3, 0.4) is 0 Å². The summed E-state index contributed by atoms with van der Waals surface area (Å²) in [6.45, 7) is 0.484. The largest absolute Gasteiger partial charge is 0.378 e. The van der Waals surface area contributed by atoms with Crippen LogP contribution in [0, 0.1) is 0 Å². The van der Waals surface area contributed by atoms with Crippen LogP contribution in [0.4, 0.5) is 11.4 Å². The highest BCUT2D eigenvalue weighted by atomic mass is 32.1. The minimum atomic E-state index is -0.0751. The van der Waals surface area contributed by atoms with Crippen LogP contribution < -0.4 is 15.8 Å². The van der Waals surface area contributed by atoms with Crippen molar-refractivity contribution in [2.24, 2.45) is 0 Å². The number of thiophene rings is 1. The minimum Gasteiger partial charge on any atom is -0.378 e. The molecular weight excluding hydrogens is 284 g/mol. The van der Waals surface area contributed by atoms with Gasteiger partial charge in [-0.05, 0) is 29.6 Å². The molecule has 3 rings (SSSR count). The Hall–Kier alpha value is -2.34. The van der Waals surface area contributed by atoms with Gasteiger partial charge in [0.25, 0.3) is 5.56 Å². The molecule has 0 radical (unpaired) electrons. The van der Waals surface area contributed by atoms with Crippen LogP contribution in [0.1, 0.15) is 5.82 Å². The van der Waals surface area contributed by atoms with E-state index in [2.05, 4.69) is 21.4 Å². The molecule has 2 aromatic heterocycles. The summed E-state index contributed by atoms with van der Waals surface area (Å²) in [5, 5.41) is 5.16. The molecule has 0 saturated heterocycles. The lowest BCUT2D eigenvalue weighted by Gasteiger charge is -2.14. The molecule has 0 spiro atoms. The molecule has 0 bridgehead atoms. The Morgan fingerprint density at radius 2 is 2.19 bits per heavy atom. The van der Waals surface area contributed by atoms with E-state index in [4.69, 9.17) is 0 Å². The Bertz CT molecular complexity index is 822. The van der Waals surface area contributed by atoms with Crippen molar-refractivity contribution in [1.82, 2.24) is 9.97 Å². The average molecular weight is 300 g/mol. The van der Waals surface area contributed by atoms with E-state index in [9.17, 15) is 4.79 Å². The molecule has 21 heavy (non-hydrogen) atoms. The lowest BCUT2D eigenvalue weighted by Crippen LogP contribution is -2.13. The third-order valence-electron chi connectivity index (χ3n) is 3.19. The summed E-state index contributed by atoms with van der Waals surface area (Å²) in [5.41, 5.74) is 2.79. The zero-order chi connectivity index (χ0) is 14.8. The van der Waals surface area contributed by atoms with Crippen LogP contribution in [0.25, 0.3) is 10.2 Å². The number of fused-ring (bicyclic) bond motifs is 1. The number of aromatic nitrogens is 2. The van der Waals surface area contributed by atoms with Gasteiger partial charge in [0.2, 0.25) is 0 Å². The minimum absolute atomic E-state index is 0.0751. The van der Waals surface area contributed by atoms with E-state index in [1.807, 2.05) is 48.6 Å². The molecule has 0 aliphatic rings. The number of anilines is 2. The van der Waals surface area contributed by atoms with Crippen molar-refractivity contribution in [3.8, 4) is 0 Å². The van der Waals surface area contributed by atoms with E-state index in [1.165, 1.54) is 11.3 Å². The zero-order valence-corrected chi connectivity index (χ0v) is 12.7. The molecule has 2 N–H and O–H groups in total. The van der Waals surface area contributed by atoms with Crippen LogP contribution in [0.5, 0.6) is 0 Å². The maximum atomic E-state index is 11.9. The normalized spacial score (nSPS) is 10.8. The second-order valence-electron chi connectivity index (χ2n) is 4.95. The van der Waals surface area contributed by atoms with Crippen molar-refractivity contribution in [1.29, 1.82) is 0 Å². The Kier molecular flexibility index (Phi) is 3.62. The maximum absolute atomic E-state index is 11.9. The molecule has 5 nitrogen and oxygen atoms in total. The highest BCUT2D eigenvalue weighted by Crippen LogP contribution is 2.18. The Morgan fingerprint density at radius 3 is 3.00 bits per heavy atom. The van der Waals surface area contributed by atoms with Gasteiger partial charge in [0.1, 0.15) is 10.5 Å². The first kappa shape index (κ1) is 13.6. The first-order valence-corrected chi connectivity index (χ1v) is 7.49. The van der Waals surface area contributed by atoms with Crippen molar-refractivity contribution in [2.45, 2.75) is 6.54 Å².